The first-order valence-corrected chi connectivity index (χ1v) is 10.00. The minimum Gasteiger partial charge on any atom is -0.481 e. The minimum atomic E-state index is -3.30. The SMILES string of the molecule is CS(=O)(=O)c1ccc(-n2cc(CCC(=O)O)c(-c3ccc(F)cc3)n2)cc1. The van der Waals surface area contributed by atoms with Gasteiger partial charge in [0.05, 0.1) is 16.3 Å². The van der Waals surface area contributed by atoms with Gasteiger partial charge < -0.3 is 5.11 Å². The van der Waals surface area contributed by atoms with E-state index < -0.39 is 15.8 Å². The van der Waals surface area contributed by atoms with Crippen LogP contribution in [-0.4, -0.2) is 35.5 Å². The molecule has 0 atom stereocenters. The number of rotatable bonds is 6. The Morgan fingerprint density at radius 1 is 1.11 bits per heavy atom. The van der Waals surface area contributed by atoms with Crippen LogP contribution >= 0.6 is 0 Å². The third-order valence-corrected chi connectivity index (χ3v) is 5.17. The quantitative estimate of drug-likeness (QED) is 0.701. The molecule has 0 fully saturated rings. The second-order valence-electron chi connectivity index (χ2n) is 6.11. The Balaban J connectivity index is 2.02. The number of hydrogen-bond donors (Lipinski definition) is 1. The zero-order valence-corrected chi connectivity index (χ0v) is 15.3. The lowest BCUT2D eigenvalue weighted by Crippen LogP contribution is -1.99. The molecule has 3 rings (SSSR count). The summed E-state index contributed by atoms with van der Waals surface area (Å²) in [5.41, 5.74) is 2.57. The Morgan fingerprint density at radius 2 is 1.74 bits per heavy atom. The van der Waals surface area contributed by atoms with Crippen LogP contribution in [0.25, 0.3) is 16.9 Å². The van der Waals surface area contributed by atoms with Gasteiger partial charge in [-0.05, 0) is 60.5 Å². The van der Waals surface area contributed by atoms with E-state index >= 15 is 0 Å². The molecule has 6 nitrogen and oxygen atoms in total. The molecule has 0 amide bonds. The van der Waals surface area contributed by atoms with Gasteiger partial charge in [-0.2, -0.15) is 5.10 Å². The van der Waals surface area contributed by atoms with Gasteiger partial charge in [-0.1, -0.05) is 0 Å². The van der Waals surface area contributed by atoms with E-state index in [0.29, 0.717) is 22.5 Å². The van der Waals surface area contributed by atoms with Crippen LogP contribution in [0, 0.1) is 5.82 Å². The highest BCUT2D eigenvalue weighted by Gasteiger charge is 2.14. The summed E-state index contributed by atoms with van der Waals surface area (Å²) in [6, 6.07) is 12.0. The number of aryl methyl sites for hydroxylation is 1. The molecule has 0 saturated carbocycles. The van der Waals surface area contributed by atoms with Crippen LogP contribution < -0.4 is 0 Å². The first-order valence-electron chi connectivity index (χ1n) is 8.11. The summed E-state index contributed by atoms with van der Waals surface area (Å²) in [4.78, 5) is 11.1. The molecule has 0 spiro atoms. The molecule has 1 N–H and O–H groups in total. The van der Waals surface area contributed by atoms with Crippen LogP contribution in [0.1, 0.15) is 12.0 Å². The van der Waals surface area contributed by atoms with Crippen molar-refractivity contribution >= 4 is 15.8 Å². The summed E-state index contributed by atoms with van der Waals surface area (Å²) in [7, 11) is -3.30. The van der Waals surface area contributed by atoms with Crippen LogP contribution in [0.4, 0.5) is 4.39 Å². The average Bonchev–Trinajstić information content (AvgIpc) is 3.04. The first-order chi connectivity index (χ1) is 12.7. The summed E-state index contributed by atoms with van der Waals surface area (Å²) >= 11 is 0. The summed E-state index contributed by atoms with van der Waals surface area (Å²) in [5.74, 6) is -1.30. The highest BCUT2D eigenvalue weighted by atomic mass is 32.2. The van der Waals surface area contributed by atoms with Gasteiger partial charge in [0.15, 0.2) is 9.84 Å². The number of benzene rings is 2. The van der Waals surface area contributed by atoms with Crippen LogP contribution in [-0.2, 0) is 21.1 Å². The zero-order valence-electron chi connectivity index (χ0n) is 14.5. The summed E-state index contributed by atoms with van der Waals surface area (Å²) < 4.78 is 37.9. The zero-order chi connectivity index (χ0) is 19.6. The van der Waals surface area contributed by atoms with Crippen molar-refractivity contribution in [2.24, 2.45) is 0 Å². The van der Waals surface area contributed by atoms with Gasteiger partial charge in [0, 0.05) is 24.4 Å². The Morgan fingerprint density at radius 3 is 2.30 bits per heavy atom. The Labute approximate surface area is 155 Å². The largest absolute Gasteiger partial charge is 0.481 e. The molecule has 0 unspecified atom stereocenters. The van der Waals surface area contributed by atoms with Gasteiger partial charge >= 0.3 is 5.97 Å². The molecule has 0 saturated heterocycles. The van der Waals surface area contributed by atoms with E-state index in [1.165, 1.54) is 24.3 Å². The predicted octanol–water partition coefficient (Wildman–Crippen LogP) is 3.10. The number of aromatic nitrogens is 2. The maximum absolute atomic E-state index is 13.2. The molecular weight excluding hydrogens is 371 g/mol. The number of carbonyl (C=O) groups is 1. The number of carboxylic acids is 1. The van der Waals surface area contributed by atoms with E-state index in [0.717, 1.165) is 6.26 Å². The van der Waals surface area contributed by atoms with Crippen molar-refractivity contribution < 1.29 is 22.7 Å². The molecular formula is C19H17FN2O4S. The van der Waals surface area contributed by atoms with Crippen molar-refractivity contribution in [3.63, 3.8) is 0 Å². The molecule has 0 aliphatic heterocycles. The van der Waals surface area contributed by atoms with Gasteiger partial charge in [-0.15, -0.1) is 0 Å². The van der Waals surface area contributed by atoms with Crippen LogP contribution in [0.5, 0.6) is 0 Å². The minimum absolute atomic E-state index is 0.0626. The fourth-order valence-corrected chi connectivity index (χ4v) is 3.29. The molecule has 0 aliphatic rings. The van der Waals surface area contributed by atoms with Crippen molar-refractivity contribution in [3.05, 3.63) is 66.1 Å². The fraction of sp³-hybridized carbons (Fsp3) is 0.158. The number of aliphatic carboxylic acids is 1. The highest BCUT2D eigenvalue weighted by molar-refractivity contribution is 7.90. The topological polar surface area (TPSA) is 89.3 Å². The van der Waals surface area contributed by atoms with E-state index in [9.17, 15) is 17.6 Å². The lowest BCUT2D eigenvalue weighted by atomic mass is 10.0. The number of halogens is 1. The first kappa shape index (κ1) is 18.8. The standard InChI is InChI=1S/C19H17FN2O4S/c1-27(25,26)17-9-7-16(8-10-17)22-12-14(4-11-18(23)24)19(21-22)13-2-5-15(20)6-3-13/h2-3,5-10,12H,4,11H2,1H3,(H,23,24). The molecule has 3 aromatic rings. The molecule has 0 bridgehead atoms. The predicted molar refractivity (Wildman–Crippen MR) is 98.0 cm³/mol. The summed E-state index contributed by atoms with van der Waals surface area (Å²) in [6.45, 7) is 0. The normalized spacial score (nSPS) is 11.5. The number of sulfone groups is 1. The molecule has 1 aromatic heterocycles. The van der Waals surface area contributed by atoms with Crippen molar-refractivity contribution in [1.82, 2.24) is 9.78 Å². The molecule has 0 aliphatic carbocycles. The van der Waals surface area contributed by atoms with E-state index in [1.807, 2.05) is 0 Å². The Bertz CT molecular complexity index is 1070. The Hall–Kier alpha value is -3.00. The monoisotopic (exact) mass is 388 g/mol. The fourth-order valence-electron chi connectivity index (χ4n) is 2.66. The second-order valence-corrected chi connectivity index (χ2v) is 8.13. The number of carboxylic acid groups (broad SMARTS) is 1. The van der Waals surface area contributed by atoms with E-state index in [-0.39, 0.29) is 23.6 Å². The molecule has 140 valence electrons. The molecule has 8 heteroatoms. The summed E-state index contributed by atoms with van der Waals surface area (Å²) in [5, 5.41) is 13.5. The maximum Gasteiger partial charge on any atom is 0.303 e. The van der Waals surface area contributed by atoms with E-state index in [4.69, 9.17) is 5.11 Å². The number of nitrogens with zero attached hydrogens (tertiary/aromatic N) is 2. The van der Waals surface area contributed by atoms with Gasteiger partial charge in [0.25, 0.3) is 0 Å². The van der Waals surface area contributed by atoms with E-state index in [2.05, 4.69) is 5.10 Å². The van der Waals surface area contributed by atoms with Gasteiger partial charge in [0.1, 0.15) is 5.82 Å². The molecule has 0 radical (unpaired) electrons. The van der Waals surface area contributed by atoms with Crippen molar-refractivity contribution in [1.29, 1.82) is 0 Å². The summed E-state index contributed by atoms with van der Waals surface area (Å²) in [6.07, 6.45) is 3.04. The van der Waals surface area contributed by atoms with Crippen LogP contribution in [0.2, 0.25) is 0 Å². The highest BCUT2D eigenvalue weighted by Crippen LogP contribution is 2.25. The van der Waals surface area contributed by atoms with Gasteiger partial charge in [-0.25, -0.2) is 17.5 Å². The average molecular weight is 388 g/mol. The van der Waals surface area contributed by atoms with Crippen molar-refractivity contribution in [2.75, 3.05) is 6.26 Å². The lowest BCUT2D eigenvalue weighted by Gasteiger charge is -2.03. The number of hydrogen-bond acceptors (Lipinski definition) is 4. The van der Waals surface area contributed by atoms with E-state index in [1.54, 1.807) is 35.1 Å². The van der Waals surface area contributed by atoms with Crippen molar-refractivity contribution in [2.45, 2.75) is 17.7 Å². The van der Waals surface area contributed by atoms with Crippen LogP contribution in [0.15, 0.2) is 59.6 Å². The van der Waals surface area contributed by atoms with Gasteiger partial charge in [0.2, 0.25) is 0 Å². The maximum atomic E-state index is 13.2. The Kier molecular flexibility index (Phi) is 5.09. The third kappa shape index (κ3) is 4.40. The molecule has 1 heterocycles. The second kappa shape index (κ2) is 7.32. The molecule has 2 aromatic carbocycles. The van der Waals surface area contributed by atoms with Crippen molar-refractivity contribution in [3.8, 4) is 16.9 Å². The lowest BCUT2D eigenvalue weighted by molar-refractivity contribution is -0.136. The van der Waals surface area contributed by atoms with Crippen LogP contribution in [0.3, 0.4) is 0 Å². The molecule has 27 heavy (non-hydrogen) atoms. The van der Waals surface area contributed by atoms with Gasteiger partial charge in [-0.3, -0.25) is 4.79 Å². The third-order valence-electron chi connectivity index (χ3n) is 4.05. The smallest absolute Gasteiger partial charge is 0.303 e.